The first-order valence-corrected chi connectivity index (χ1v) is 8.18. The molecule has 0 heterocycles. The van der Waals surface area contributed by atoms with Gasteiger partial charge in [0.05, 0.1) is 15.5 Å². The van der Waals surface area contributed by atoms with Crippen molar-refractivity contribution in [1.29, 1.82) is 0 Å². The number of nitrogens with one attached hydrogen (secondary N) is 1. The van der Waals surface area contributed by atoms with E-state index in [1.165, 1.54) is 18.2 Å². The number of sulfonamides is 1. The summed E-state index contributed by atoms with van der Waals surface area (Å²) in [6, 6.07) is 3.84. The maximum atomic E-state index is 12.3. The van der Waals surface area contributed by atoms with E-state index in [9.17, 15) is 13.2 Å². The molecule has 5 nitrogen and oxygen atoms in total. The van der Waals surface area contributed by atoms with E-state index in [-0.39, 0.29) is 21.0 Å². The molecular formula is C13H17ClN2O3S. The summed E-state index contributed by atoms with van der Waals surface area (Å²) in [6.45, 7) is 3.89. The van der Waals surface area contributed by atoms with Crippen molar-refractivity contribution in [2.24, 2.45) is 11.1 Å². The van der Waals surface area contributed by atoms with Gasteiger partial charge in [-0.05, 0) is 50.8 Å². The third-order valence-electron chi connectivity index (χ3n) is 3.54. The van der Waals surface area contributed by atoms with Crippen molar-refractivity contribution in [3.8, 4) is 0 Å². The van der Waals surface area contributed by atoms with Crippen molar-refractivity contribution >= 4 is 27.5 Å². The maximum Gasteiger partial charge on any atom is 0.253 e. The van der Waals surface area contributed by atoms with Crippen molar-refractivity contribution in [3.63, 3.8) is 0 Å². The number of hydrogen-bond donors (Lipinski definition) is 2. The molecule has 0 aromatic heterocycles. The van der Waals surface area contributed by atoms with Crippen LogP contribution in [0.25, 0.3) is 0 Å². The summed E-state index contributed by atoms with van der Waals surface area (Å²) < 4.78 is 22.7. The Morgan fingerprint density at radius 2 is 2.00 bits per heavy atom. The first-order chi connectivity index (χ1) is 9.11. The zero-order valence-corrected chi connectivity index (χ0v) is 12.9. The number of carbonyl (C=O) groups is 1. The fourth-order valence-electron chi connectivity index (χ4n) is 2.12. The van der Waals surface area contributed by atoms with Crippen molar-refractivity contribution in [3.05, 3.63) is 28.8 Å². The van der Waals surface area contributed by atoms with Crippen LogP contribution in [0.5, 0.6) is 0 Å². The molecule has 1 fully saturated rings. The second-order valence-corrected chi connectivity index (χ2v) is 7.61. The lowest BCUT2D eigenvalue weighted by molar-refractivity contribution is 0.0903. The normalized spacial score (nSPS) is 16.0. The highest BCUT2D eigenvalue weighted by Gasteiger charge is 2.39. The van der Waals surface area contributed by atoms with Crippen LogP contribution in [-0.4, -0.2) is 19.9 Å². The SMILES string of the molecule is CC(C)(NC(=O)c1cc(S(N)(=O)=O)ccc1Cl)C1CC1. The number of nitrogens with two attached hydrogens (primary N) is 1. The molecule has 0 aliphatic heterocycles. The highest BCUT2D eigenvalue weighted by atomic mass is 35.5. The van der Waals surface area contributed by atoms with E-state index >= 15 is 0 Å². The molecule has 1 aromatic carbocycles. The zero-order valence-electron chi connectivity index (χ0n) is 11.3. The van der Waals surface area contributed by atoms with Gasteiger partial charge >= 0.3 is 0 Å². The smallest absolute Gasteiger partial charge is 0.253 e. The Morgan fingerprint density at radius 1 is 1.40 bits per heavy atom. The first kappa shape index (κ1) is 15.3. The lowest BCUT2D eigenvalue weighted by atomic mass is 9.98. The fraction of sp³-hybridized carbons (Fsp3) is 0.462. The maximum absolute atomic E-state index is 12.3. The summed E-state index contributed by atoms with van der Waals surface area (Å²) in [5, 5.41) is 8.15. The van der Waals surface area contributed by atoms with Gasteiger partial charge in [0, 0.05) is 5.54 Å². The van der Waals surface area contributed by atoms with Gasteiger partial charge in [-0.1, -0.05) is 11.6 Å². The number of hydrogen-bond acceptors (Lipinski definition) is 3. The lowest BCUT2D eigenvalue weighted by Crippen LogP contribution is -2.45. The summed E-state index contributed by atoms with van der Waals surface area (Å²) in [4.78, 5) is 12.1. The molecule has 0 unspecified atom stereocenters. The Bertz CT molecular complexity index is 652. The van der Waals surface area contributed by atoms with Crippen molar-refractivity contribution in [2.75, 3.05) is 0 Å². The second-order valence-electron chi connectivity index (χ2n) is 5.64. The van der Waals surface area contributed by atoms with Crippen LogP contribution in [0.4, 0.5) is 0 Å². The van der Waals surface area contributed by atoms with Gasteiger partial charge in [0.2, 0.25) is 10.0 Å². The standard InChI is InChI=1S/C13H17ClN2O3S/c1-13(2,8-3-4-8)16-12(17)10-7-9(20(15,18)19)5-6-11(10)14/h5-8H,3-4H2,1-2H3,(H,16,17)(H2,15,18,19). The largest absolute Gasteiger partial charge is 0.347 e. The molecule has 0 bridgehead atoms. The molecular weight excluding hydrogens is 300 g/mol. The number of halogens is 1. The monoisotopic (exact) mass is 316 g/mol. The van der Waals surface area contributed by atoms with Crippen LogP contribution in [0.1, 0.15) is 37.0 Å². The summed E-state index contributed by atoms with van der Waals surface area (Å²) in [7, 11) is -3.86. The van der Waals surface area contributed by atoms with E-state index in [4.69, 9.17) is 16.7 Å². The molecule has 3 N–H and O–H groups in total. The predicted molar refractivity (Wildman–Crippen MR) is 77.1 cm³/mol. The van der Waals surface area contributed by atoms with Gasteiger partial charge in [-0.3, -0.25) is 4.79 Å². The predicted octanol–water partition coefficient (Wildman–Crippen LogP) is 1.91. The van der Waals surface area contributed by atoms with E-state index in [1.807, 2.05) is 13.8 Å². The van der Waals surface area contributed by atoms with Crippen LogP contribution in [-0.2, 0) is 10.0 Å². The molecule has 1 aliphatic carbocycles. The number of amides is 1. The van der Waals surface area contributed by atoms with Crippen LogP contribution in [0.2, 0.25) is 5.02 Å². The van der Waals surface area contributed by atoms with Crippen LogP contribution in [0.3, 0.4) is 0 Å². The average Bonchev–Trinajstić information content (AvgIpc) is 3.10. The van der Waals surface area contributed by atoms with Gasteiger partial charge in [-0.2, -0.15) is 0 Å². The Labute approximate surface area is 123 Å². The molecule has 1 amide bonds. The van der Waals surface area contributed by atoms with E-state index in [1.54, 1.807) is 0 Å². The molecule has 1 aliphatic rings. The van der Waals surface area contributed by atoms with Gasteiger partial charge in [0.1, 0.15) is 0 Å². The van der Waals surface area contributed by atoms with Crippen LogP contribution < -0.4 is 10.5 Å². The minimum Gasteiger partial charge on any atom is -0.347 e. The third-order valence-corrected chi connectivity index (χ3v) is 4.79. The zero-order chi connectivity index (χ0) is 15.1. The first-order valence-electron chi connectivity index (χ1n) is 6.26. The van der Waals surface area contributed by atoms with Crippen molar-refractivity contribution < 1.29 is 13.2 Å². The molecule has 0 saturated heterocycles. The summed E-state index contributed by atoms with van der Waals surface area (Å²) in [5.74, 6) is 0.0593. The minimum atomic E-state index is -3.86. The van der Waals surface area contributed by atoms with Gasteiger partial charge in [0.15, 0.2) is 0 Å². The summed E-state index contributed by atoms with van der Waals surface area (Å²) >= 11 is 5.97. The molecule has 0 spiro atoms. The molecule has 0 atom stereocenters. The van der Waals surface area contributed by atoms with E-state index in [2.05, 4.69) is 5.32 Å². The molecule has 20 heavy (non-hydrogen) atoms. The quantitative estimate of drug-likeness (QED) is 0.889. The average molecular weight is 317 g/mol. The Balaban J connectivity index is 2.29. The Morgan fingerprint density at radius 3 is 2.50 bits per heavy atom. The van der Waals surface area contributed by atoms with Crippen LogP contribution in [0, 0.1) is 5.92 Å². The van der Waals surface area contributed by atoms with Gasteiger partial charge in [0.25, 0.3) is 5.91 Å². The third kappa shape index (κ3) is 3.31. The Kier molecular flexibility index (Phi) is 3.83. The van der Waals surface area contributed by atoms with Crippen LogP contribution >= 0.6 is 11.6 Å². The van der Waals surface area contributed by atoms with Crippen molar-refractivity contribution in [1.82, 2.24) is 5.32 Å². The van der Waals surface area contributed by atoms with E-state index in [0.29, 0.717) is 5.92 Å². The Hall–Kier alpha value is -1.11. The molecule has 2 rings (SSSR count). The fourth-order valence-corrected chi connectivity index (χ4v) is 2.87. The molecule has 1 saturated carbocycles. The van der Waals surface area contributed by atoms with Gasteiger partial charge in [-0.25, -0.2) is 13.6 Å². The highest BCUT2D eigenvalue weighted by molar-refractivity contribution is 7.89. The summed E-state index contributed by atoms with van der Waals surface area (Å²) in [5.41, 5.74) is -0.218. The lowest BCUT2D eigenvalue weighted by Gasteiger charge is -2.26. The molecule has 110 valence electrons. The molecule has 7 heteroatoms. The van der Waals surface area contributed by atoms with E-state index < -0.39 is 15.9 Å². The number of rotatable bonds is 4. The van der Waals surface area contributed by atoms with Crippen LogP contribution in [0.15, 0.2) is 23.1 Å². The molecule has 1 aromatic rings. The molecule has 0 radical (unpaired) electrons. The summed E-state index contributed by atoms with van der Waals surface area (Å²) in [6.07, 6.45) is 2.16. The van der Waals surface area contributed by atoms with Gasteiger partial charge in [-0.15, -0.1) is 0 Å². The van der Waals surface area contributed by atoms with Crippen molar-refractivity contribution in [2.45, 2.75) is 37.1 Å². The second kappa shape index (κ2) is 5.02. The highest BCUT2D eigenvalue weighted by Crippen LogP contribution is 2.39. The van der Waals surface area contributed by atoms with Gasteiger partial charge < -0.3 is 5.32 Å². The van der Waals surface area contributed by atoms with E-state index in [0.717, 1.165) is 12.8 Å². The minimum absolute atomic E-state index is 0.118. The number of benzene rings is 1. The topological polar surface area (TPSA) is 89.3 Å². The number of carbonyl (C=O) groups excluding carboxylic acids is 1. The number of primary sulfonamides is 1.